The Hall–Kier alpha value is -1.11. The molecule has 0 amide bonds. The molecule has 2 rings (SSSR count). The Morgan fingerprint density at radius 2 is 2.00 bits per heavy atom. The van der Waals surface area contributed by atoms with E-state index in [0.29, 0.717) is 13.0 Å². The van der Waals surface area contributed by atoms with E-state index in [9.17, 15) is 13.5 Å². The van der Waals surface area contributed by atoms with E-state index in [0.717, 1.165) is 37.0 Å². The first-order valence-corrected chi connectivity index (χ1v) is 9.85. The fourth-order valence-electron chi connectivity index (χ4n) is 3.11. The molecule has 23 heavy (non-hydrogen) atoms. The molecule has 1 aliphatic carbocycles. The second-order valence-corrected chi connectivity index (χ2v) is 8.39. The fourth-order valence-corrected chi connectivity index (χ4v) is 4.28. The average molecular weight is 341 g/mol. The number of aliphatic hydroxyl groups excluding tert-OH is 1. The summed E-state index contributed by atoms with van der Waals surface area (Å²) in [5, 5.41) is 9.66. The molecule has 6 heteroatoms. The van der Waals surface area contributed by atoms with E-state index < -0.39 is 10.0 Å². The van der Waals surface area contributed by atoms with Crippen LogP contribution in [0, 0.1) is 5.41 Å². The minimum atomic E-state index is -3.35. The van der Waals surface area contributed by atoms with Crippen LogP contribution in [0.3, 0.4) is 0 Å². The van der Waals surface area contributed by atoms with E-state index in [1.165, 1.54) is 6.42 Å². The summed E-state index contributed by atoms with van der Waals surface area (Å²) in [4.78, 5) is 0. The number of hydrogen-bond donors (Lipinski definition) is 2. The van der Waals surface area contributed by atoms with E-state index >= 15 is 0 Å². The lowest BCUT2D eigenvalue weighted by Gasteiger charge is -2.35. The third-order valence-corrected chi connectivity index (χ3v) is 6.04. The van der Waals surface area contributed by atoms with Gasteiger partial charge in [-0.25, -0.2) is 13.1 Å². The number of aliphatic hydroxyl groups is 1. The van der Waals surface area contributed by atoms with Crippen LogP contribution in [0.5, 0.6) is 5.75 Å². The van der Waals surface area contributed by atoms with Crippen LogP contribution in [0.4, 0.5) is 0 Å². The SMILES string of the molecule is COc1cccc(CCS(=O)(=O)NCC2(CO)CCCCC2)c1. The molecule has 0 bridgehead atoms. The topological polar surface area (TPSA) is 75.6 Å². The summed E-state index contributed by atoms with van der Waals surface area (Å²) in [5.41, 5.74) is 0.658. The number of rotatable bonds is 8. The molecule has 1 saturated carbocycles. The summed E-state index contributed by atoms with van der Waals surface area (Å²) in [6.45, 7) is 0.384. The zero-order valence-electron chi connectivity index (χ0n) is 13.8. The number of methoxy groups -OCH3 is 1. The number of sulfonamides is 1. The minimum Gasteiger partial charge on any atom is -0.497 e. The molecule has 1 aromatic carbocycles. The predicted molar refractivity (Wildman–Crippen MR) is 91.1 cm³/mol. The van der Waals surface area contributed by atoms with Gasteiger partial charge in [0.1, 0.15) is 5.75 Å². The van der Waals surface area contributed by atoms with Gasteiger partial charge in [-0.1, -0.05) is 31.4 Å². The van der Waals surface area contributed by atoms with Gasteiger partial charge in [-0.15, -0.1) is 0 Å². The Morgan fingerprint density at radius 3 is 2.65 bits per heavy atom. The van der Waals surface area contributed by atoms with Crippen molar-refractivity contribution in [1.82, 2.24) is 4.72 Å². The molecule has 1 aromatic rings. The van der Waals surface area contributed by atoms with Gasteiger partial charge in [-0.3, -0.25) is 0 Å². The summed E-state index contributed by atoms with van der Waals surface area (Å²) >= 11 is 0. The Kier molecular flexibility index (Phi) is 6.44. The van der Waals surface area contributed by atoms with Crippen LogP contribution < -0.4 is 9.46 Å². The number of nitrogens with one attached hydrogen (secondary N) is 1. The highest BCUT2D eigenvalue weighted by molar-refractivity contribution is 7.89. The number of hydrogen-bond acceptors (Lipinski definition) is 4. The molecular weight excluding hydrogens is 314 g/mol. The van der Waals surface area contributed by atoms with Crippen molar-refractivity contribution in [2.24, 2.45) is 5.41 Å². The maximum absolute atomic E-state index is 12.2. The third-order valence-electron chi connectivity index (χ3n) is 4.71. The molecule has 1 fully saturated rings. The van der Waals surface area contributed by atoms with Crippen molar-refractivity contribution in [3.8, 4) is 5.75 Å². The zero-order valence-corrected chi connectivity index (χ0v) is 14.6. The van der Waals surface area contributed by atoms with Crippen molar-refractivity contribution in [1.29, 1.82) is 0 Å². The van der Waals surface area contributed by atoms with Crippen molar-refractivity contribution in [2.45, 2.75) is 38.5 Å². The van der Waals surface area contributed by atoms with Gasteiger partial charge < -0.3 is 9.84 Å². The molecule has 0 unspecified atom stereocenters. The monoisotopic (exact) mass is 341 g/mol. The molecule has 0 heterocycles. The lowest BCUT2D eigenvalue weighted by Crippen LogP contribution is -2.42. The standard InChI is InChI=1S/C17H27NO4S/c1-22-16-7-5-6-15(12-16)8-11-23(20,21)18-13-17(14-19)9-3-2-4-10-17/h5-7,12,18-19H,2-4,8-11,13-14H2,1H3. The molecule has 0 spiro atoms. The molecule has 2 N–H and O–H groups in total. The summed E-state index contributed by atoms with van der Waals surface area (Å²) in [7, 11) is -1.76. The van der Waals surface area contributed by atoms with Crippen LogP contribution in [0.2, 0.25) is 0 Å². The van der Waals surface area contributed by atoms with Crippen molar-refractivity contribution in [2.75, 3.05) is 26.0 Å². The lowest BCUT2D eigenvalue weighted by atomic mass is 9.75. The fraction of sp³-hybridized carbons (Fsp3) is 0.647. The van der Waals surface area contributed by atoms with E-state index in [4.69, 9.17) is 4.74 Å². The van der Waals surface area contributed by atoms with Gasteiger partial charge in [-0.2, -0.15) is 0 Å². The minimum absolute atomic E-state index is 0.0433. The van der Waals surface area contributed by atoms with Crippen LogP contribution >= 0.6 is 0 Å². The lowest BCUT2D eigenvalue weighted by molar-refractivity contribution is 0.0867. The third kappa shape index (κ3) is 5.48. The zero-order chi connectivity index (χ0) is 16.8. The Labute approximate surface area is 139 Å². The average Bonchev–Trinajstić information content (AvgIpc) is 2.59. The van der Waals surface area contributed by atoms with E-state index in [-0.39, 0.29) is 17.8 Å². The number of aryl methyl sites for hydroxylation is 1. The van der Waals surface area contributed by atoms with E-state index in [1.54, 1.807) is 7.11 Å². The van der Waals surface area contributed by atoms with Crippen LogP contribution in [0.1, 0.15) is 37.7 Å². The highest BCUT2D eigenvalue weighted by atomic mass is 32.2. The van der Waals surface area contributed by atoms with E-state index in [2.05, 4.69) is 4.72 Å². The van der Waals surface area contributed by atoms with Crippen molar-refractivity contribution in [3.05, 3.63) is 29.8 Å². The maximum Gasteiger partial charge on any atom is 0.211 e. The molecule has 5 nitrogen and oxygen atoms in total. The van der Waals surface area contributed by atoms with Crippen LogP contribution in [-0.2, 0) is 16.4 Å². The van der Waals surface area contributed by atoms with Gasteiger partial charge in [-0.05, 0) is 37.0 Å². The second kappa shape index (κ2) is 8.13. The van der Waals surface area contributed by atoms with Gasteiger partial charge in [0.05, 0.1) is 12.9 Å². The van der Waals surface area contributed by atoms with Gasteiger partial charge in [0.2, 0.25) is 10.0 Å². The molecule has 1 aliphatic rings. The van der Waals surface area contributed by atoms with Gasteiger partial charge >= 0.3 is 0 Å². The number of ether oxygens (including phenoxy) is 1. The highest BCUT2D eigenvalue weighted by Gasteiger charge is 2.32. The second-order valence-electron chi connectivity index (χ2n) is 6.46. The summed E-state index contributed by atoms with van der Waals surface area (Å²) in [5.74, 6) is 0.774. The molecular formula is C17H27NO4S. The predicted octanol–water partition coefficient (Wildman–Crippen LogP) is 2.10. The smallest absolute Gasteiger partial charge is 0.211 e. The van der Waals surface area contributed by atoms with E-state index in [1.807, 2.05) is 24.3 Å². The molecule has 0 atom stereocenters. The van der Waals surface area contributed by atoms with Crippen molar-refractivity contribution in [3.63, 3.8) is 0 Å². The molecule has 130 valence electrons. The van der Waals surface area contributed by atoms with Gasteiger partial charge in [0, 0.05) is 18.6 Å². The van der Waals surface area contributed by atoms with Crippen molar-refractivity contribution < 1.29 is 18.3 Å². The Balaban J connectivity index is 1.88. The Bertz CT molecular complexity index is 594. The summed E-state index contributed by atoms with van der Waals surface area (Å²) in [6, 6.07) is 7.45. The van der Waals surface area contributed by atoms with Crippen molar-refractivity contribution >= 4 is 10.0 Å². The first-order chi connectivity index (χ1) is 11.0. The number of benzene rings is 1. The van der Waals surface area contributed by atoms with Gasteiger partial charge in [0.25, 0.3) is 0 Å². The Morgan fingerprint density at radius 1 is 1.26 bits per heavy atom. The van der Waals surface area contributed by atoms with Gasteiger partial charge in [0.15, 0.2) is 0 Å². The quantitative estimate of drug-likeness (QED) is 0.759. The largest absolute Gasteiger partial charge is 0.497 e. The molecule has 0 aliphatic heterocycles. The molecule has 0 aromatic heterocycles. The highest BCUT2D eigenvalue weighted by Crippen LogP contribution is 2.35. The maximum atomic E-state index is 12.2. The summed E-state index contributed by atoms with van der Waals surface area (Å²) in [6.07, 6.45) is 5.52. The van der Waals surface area contributed by atoms with Crippen LogP contribution in [-0.4, -0.2) is 39.5 Å². The molecule has 0 radical (unpaired) electrons. The first-order valence-electron chi connectivity index (χ1n) is 8.20. The summed E-state index contributed by atoms with van der Waals surface area (Å²) < 4.78 is 32.3. The van der Waals surface area contributed by atoms with Crippen LogP contribution in [0.25, 0.3) is 0 Å². The molecule has 0 saturated heterocycles. The normalized spacial score (nSPS) is 17.8. The first kappa shape index (κ1) is 18.2. The van der Waals surface area contributed by atoms with Crippen LogP contribution in [0.15, 0.2) is 24.3 Å².